The Morgan fingerprint density at radius 1 is 1.25 bits per heavy atom. The number of pyridine rings is 1. The molecular formula is C13H9FN2. The summed E-state index contributed by atoms with van der Waals surface area (Å²) < 4.78 is 13.0. The average molecular weight is 212 g/mol. The Kier molecular flexibility index (Phi) is 2.65. The van der Waals surface area contributed by atoms with E-state index in [0.29, 0.717) is 5.56 Å². The summed E-state index contributed by atoms with van der Waals surface area (Å²) in [5.41, 5.74) is 2.92. The van der Waals surface area contributed by atoms with Crippen LogP contribution in [-0.4, -0.2) is 4.98 Å². The van der Waals surface area contributed by atoms with Gasteiger partial charge in [-0.15, -0.1) is 0 Å². The molecule has 0 bridgehead atoms. The molecule has 1 heterocycles. The van der Waals surface area contributed by atoms with Gasteiger partial charge in [0.25, 0.3) is 0 Å². The highest BCUT2D eigenvalue weighted by Crippen LogP contribution is 2.26. The van der Waals surface area contributed by atoms with Crippen molar-refractivity contribution in [2.75, 3.05) is 0 Å². The van der Waals surface area contributed by atoms with Crippen molar-refractivity contribution in [3.05, 3.63) is 53.6 Å². The molecule has 0 saturated heterocycles. The lowest BCUT2D eigenvalue weighted by atomic mass is 9.98. The van der Waals surface area contributed by atoms with E-state index in [9.17, 15) is 4.39 Å². The molecule has 1 aromatic carbocycles. The number of hydrogen-bond acceptors (Lipinski definition) is 2. The van der Waals surface area contributed by atoms with E-state index in [1.807, 2.05) is 19.1 Å². The van der Waals surface area contributed by atoms with Gasteiger partial charge < -0.3 is 0 Å². The number of hydrogen-bond donors (Lipinski definition) is 0. The molecule has 2 aromatic rings. The van der Waals surface area contributed by atoms with Crippen LogP contribution in [0.4, 0.5) is 4.39 Å². The number of rotatable bonds is 1. The topological polar surface area (TPSA) is 36.7 Å². The average Bonchev–Trinajstić information content (AvgIpc) is 2.30. The van der Waals surface area contributed by atoms with Crippen LogP contribution in [0.2, 0.25) is 0 Å². The van der Waals surface area contributed by atoms with Crippen LogP contribution in [0.5, 0.6) is 0 Å². The smallest absolute Gasteiger partial charge is 0.124 e. The standard InChI is InChI=1S/C13H9FN2/c1-9-4-5-16-8-13(9)12-3-2-11(14)6-10(12)7-15/h2-6,8H,1H3. The van der Waals surface area contributed by atoms with Gasteiger partial charge in [0.1, 0.15) is 5.82 Å². The monoisotopic (exact) mass is 212 g/mol. The van der Waals surface area contributed by atoms with Gasteiger partial charge in [-0.2, -0.15) is 5.26 Å². The van der Waals surface area contributed by atoms with E-state index in [1.165, 1.54) is 12.1 Å². The number of nitriles is 1. The Morgan fingerprint density at radius 3 is 2.75 bits per heavy atom. The van der Waals surface area contributed by atoms with Crippen molar-refractivity contribution >= 4 is 0 Å². The molecule has 0 saturated carbocycles. The molecule has 78 valence electrons. The van der Waals surface area contributed by atoms with Crippen molar-refractivity contribution in [3.63, 3.8) is 0 Å². The fourth-order valence-corrected chi connectivity index (χ4v) is 1.59. The van der Waals surface area contributed by atoms with Crippen LogP contribution in [0.25, 0.3) is 11.1 Å². The van der Waals surface area contributed by atoms with Gasteiger partial charge >= 0.3 is 0 Å². The molecule has 3 heteroatoms. The number of aromatic nitrogens is 1. The molecule has 0 aliphatic rings. The van der Waals surface area contributed by atoms with Crippen LogP contribution < -0.4 is 0 Å². The zero-order valence-electron chi connectivity index (χ0n) is 8.74. The fourth-order valence-electron chi connectivity index (χ4n) is 1.59. The van der Waals surface area contributed by atoms with Crippen molar-refractivity contribution in [1.82, 2.24) is 4.98 Å². The molecule has 0 spiro atoms. The van der Waals surface area contributed by atoms with Crippen LogP contribution in [0.3, 0.4) is 0 Å². The van der Waals surface area contributed by atoms with Crippen molar-refractivity contribution in [3.8, 4) is 17.2 Å². The van der Waals surface area contributed by atoms with Gasteiger partial charge in [-0.1, -0.05) is 6.07 Å². The fraction of sp³-hybridized carbons (Fsp3) is 0.0769. The van der Waals surface area contributed by atoms with Crippen LogP contribution in [0, 0.1) is 24.1 Å². The van der Waals surface area contributed by atoms with Crippen molar-refractivity contribution in [2.45, 2.75) is 6.92 Å². The third-order valence-corrected chi connectivity index (χ3v) is 2.43. The van der Waals surface area contributed by atoms with E-state index >= 15 is 0 Å². The molecule has 0 atom stereocenters. The van der Waals surface area contributed by atoms with Crippen LogP contribution in [0.1, 0.15) is 11.1 Å². The maximum atomic E-state index is 13.0. The van der Waals surface area contributed by atoms with Gasteiger partial charge in [0.15, 0.2) is 0 Å². The van der Waals surface area contributed by atoms with Crippen LogP contribution in [-0.2, 0) is 0 Å². The number of halogens is 1. The van der Waals surface area contributed by atoms with Crippen LogP contribution in [0.15, 0.2) is 36.7 Å². The molecule has 0 unspecified atom stereocenters. The van der Waals surface area contributed by atoms with E-state index < -0.39 is 5.82 Å². The lowest BCUT2D eigenvalue weighted by Crippen LogP contribution is -1.90. The molecule has 2 rings (SSSR count). The number of aryl methyl sites for hydroxylation is 1. The highest BCUT2D eigenvalue weighted by molar-refractivity contribution is 5.72. The predicted molar refractivity (Wildman–Crippen MR) is 59.1 cm³/mol. The van der Waals surface area contributed by atoms with Gasteiger partial charge in [0, 0.05) is 23.5 Å². The predicted octanol–water partition coefficient (Wildman–Crippen LogP) is 3.07. The van der Waals surface area contributed by atoms with E-state index in [-0.39, 0.29) is 0 Å². The maximum Gasteiger partial charge on any atom is 0.124 e. The van der Waals surface area contributed by atoms with Crippen LogP contribution >= 0.6 is 0 Å². The molecule has 2 nitrogen and oxygen atoms in total. The third kappa shape index (κ3) is 1.78. The van der Waals surface area contributed by atoms with Gasteiger partial charge in [0.05, 0.1) is 11.6 Å². The molecule has 16 heavy (non-hydrogen) atoms. The second-order valence-corrected chi connectivity index (χ2v) is 3.49. The highest BCUT2D eigenvalue weighted by atomic mass is 19.1. The van der Waals surface area contributed by atoms with E-state index in [0.717, 1.165) is 16.7 Å². The molecule has 0 radical (unpaired) electrons. The first-order chi connectivity index (χ1) is 7.72. The third-order valence-electron chi connectivity index (χ3n) is 2.43. The Balaban J connectivity index is 2.66. The van der Waals surface area contributed by atoms with Gasteiger partial charge in [-0.05, 0) is 30.7 Å². The van der Waals surface area contributed by atoms with Crippen molar-refractivity contribution in [2.24, 2.45) is 0 Å². The number of benzene rings is 1. The normalized spacial score (nSPS) is 9.81. The second kappa shape index (κ2) is 4.11. The maximum absolute atomic E-state index is 13.0. The molecule has 0 aliphatic carbocycles. The zero-order chi connectivity index (χ0) is 11.5. The molecule has 0 amide bonds. The minimum absolute atomic E-state index is 0.330. The Bertz CT molecular complexity index is 570. The van der Waals surface area contributed by atoms with Crippen molar-refractivity contribution < 1.29 is 4.39 Å². The summed E-state index contributed by atoms with van der Waals surface area (Å²) >= 11 is 0. The van der Waals surface area contributed by atoms with Crippen molar-refractivity contribution in [1.29, 1.82) is 5.26 Å². The summed E-state index contributed by atoms with van der Waals surface area (Å²) in [4.78, 5) is 4.02. The molecule has 1 aromatic heterocycles. The molecule has 0 fully saturated rings. The Labute approximate surface area is 93.0 Å². The van der Waals surface area contributed by atoms with Gasteiger partial charge in [-0.3, -0.25) is 4.98 Å². The SMILES string of the molecule is Cc1ccncc1-c1ccc(F)cc1C#N. The number of nitrogens with zero attached hydrogens (tertiary/aromatic N) is 2. The van der Waals surface area contributed by atoms with E-state index in [1.54, 1.807) is 18.5 Å². The lowest BCUT2D eigenvalue weighted by molar-refractivity contribution is 0.627. The molecule has 0 aliphatic heterocycles. The summed E-state index contributed by atoms with van der Waals surface area (Å²) in [6.45, 7) is 1.93. The summed E-state index contributed by atoms with van der Waals surface area (Å²) in [6, 6.07) is 8.05. The summed E-state index contributed by atoms with van der Waals surface area (Å²) in [5.74, 6) is -0.401. The minimum Gasteiger partial charge on any atom is -0.264 e. The summed E-state index contributed by atoms with van der Waals surface area (Å²) in [5, 5.41) is 8.96. The first-order valence-electron chi connectivity index (χ1n) is 4.83. The highest BCUT2D eigenvalue weighted by Gasteiger charge is 2.08. The quantitative estimate of drug-likeness (QED) is 0.728. The first-order valence-corrected chi connectivity index (χ1v) is 4.83. The zero-order valence-corrected chi connectivity index (χ0v) is 8.74. The van der Waals surface area contributed by atoms with E-state index in [4.69, 9.17) is 5.26 Å². The minimum atomic E-state index is -0.401. The largest absolute Gasteiger partial charge is 0.264 e. The molecule has 0 N–H and O–H groups in total. The Hall–Kier alpha value is -2.21. The first kappa shape index (κ1) is 10.3. The summed E-state index contributed by atoms with van der Waals surface area (Å²) in [7, 11) is 0. The van der Waals surface area contributed by atoms with Gasteiger partial charge in [-0.25, -0.2) is 4.39 Å². The Morgan fingerprint density at radius 2 is 2.06 bits per heavy atom. The van der Waals surface area contributed by atoms with Gasteiger partial charge in [0.2, 0.25) is 0 Å². The second-order valence-electron chi connectivity index (χ2n) is 3.49. The molecular weight excluding hydrogens is 203 g/mol. The lowest BCUT2D eigenvalue weighted by Gasteiger charge is -2.06. The summed E-state index contributed by atoms with van der Waals surface area (Å²) in [6.07, 6.45) is 3.37. The van der Waals surface area contributed by atoms with E-state index in [2.05, 4.69) is 4.98 Å².